The van der Waals surface area contributed by atoms with Crippen molar-refractivity contribution in [2.75, 3.05) is 12.5 Å². The zero-order chi connectivity index (χ0) is 13.9. The molecule has 0 saturated heterocycles. The predicted octanol–water partition coefficient (Wildman–Crippen LogP) is 1.79. The number of benzene rings is 1. The summed E-state index contributed by atoms with van der Waals surface area (Å²) in [7, 11) is -2.54. The summed E-state index contributed by atoms with van der Waals surface area (Å²) < 4.78 is 20.0. The maximum atomic E-state index is 11.9. The fraction of sp³-hybridized carbons (Fsp3) is 0.333. The second-order valence-corrected chi connectivity index (χ2v) is 6.72. The van der Waals surface area contributed by atoms with E-state index in [2.05, 4.69) is 4.36 Å². The molecule has 0 saturated carbocycles. The molecule has 0 atom stereocenters. The molecule has 0 N–H and O–H groups in total. The Morgan fingerprint density at radius 1 is 1.28 bits per heavy atom. The third-order valence-corrected chi connectivity index (χ3v) is 2.53. The first-order valence-electron chi connectivity index (χ1n) is 5.19. The van der Waals surface area contributed by atoms with Crippen molar-refractivity contribution in [2.45, 2.75) is 13.8 Å². The number of carbonyl (C=O) groups is 2. The number of carbonyl (C=O) groups excluding carboxylic acids is 2. The summed E-state index contributed by atoms with van der Waals surface area (Å²) in [5.41, 5.74) is 0.963. The Hall–Kier alpha value is -1.69. The van der Waals surface area contributed by atoms with E-state index in [1.807, 2.05) is 0 Å². The molecule has 0 spiro atoms. The van der Waals surface area contributed by atoms with Crippen molar-refractivity contribution in [3.05, 3.63) is 29.3 Å². The number of aryl methyl sites for hydroxylation is 1. The molecule has 0 radical (unpaired) electrons. The molecule has 1 aromatic rings. The molecule has 1 amide bonds. The van der Waals surface area contributed by atoms with Crippen LogP contribution in [0.4, 0.5) is 0 Å². The van der Waals surface area contributed by atoms with E-state index in [9.17, 15) is 13.8 Å². The van der Waals surface area contributed by atoms with Crippen LogP contribution in [0.25, 0.3) is 0 Å². The Labute approximate surface area is 106 Å². The van der Waals surface area contributed by atoms with Crippen LogP contribution in [0.5, 0.6) is 5.75 Å². The van der Waals surface area contributed by atoms with Gasteiger partial charge in [-0.1, -0.05) is 11.6 Å². The summed E-state index contributed by atoms with van der Waals surface area (Å²) in [4.78, 5) is 22.8. The van der Waals surface area contributed by atoms with Crippen LogP contribution >= 0.6 is 0 Å². The van der Waals surface area contributed by atoms with E-state index in [-0.39, 0.29) is 11.3 Å². The van der Waals surface area contributed by atoms with Gasteiger partial charge in [-0.15, -0.1) is 0 Å². The minimum Gasteiger partial charge on any atom is -0.426 e. The van der Waals surface area contributed by atoms with Gasteiger partial charge in [-0.2, -0.15) is 4.36 Å². The van der Waals surface area contributed by atoms with Crippen molar-refractivity contribution in [1.82, 2.24) is 0 Å². The quantitative estimate of drug-likeness (QED) is 0.606. The molecule has 0 unspecified atom stereocenters. The van der Waals surface area contributed by atoms with Crippen molar-refractivity contribution in [3.63, 3.8) is 0 Å². The molecule has 0 aliphatic rings. The Bertz CT molecular complexity index is 605. The summed E-state index contributed by atoms with van der Waals surface area (Å²) >= 11 is 0. The fourth-order valence-electron chi connectivity index (χ4n) is 1.30. The smallest absolute Gasteiger partial charge is 0.308 e. The van der Waals surface area contributed by atoms with E-state index in [1.165, 1.54) is 25.5 Å². The topological polar surface area (TPSA) is 72.8 Å². The van der Waals surface area contributed by atoms with E-state index < -0.39 is 21.6 Å². The number of esters is 1. The summed E-state index contributed by atoms with van der Waals surface area (Å²) in [6, 6.07) is 4.78. The van der Waals surface area contributed by atoms with Gasteiger partial charge in [-0.3, -0.25) is 9.59 Å². The molecule has 5 nitrogen and oxygen atoms in total. The van der Waals surface area contributed by atoms with Crippen LogP contribution in [0.1, 0.15) is 22.8 Å². The monoisotopic (exact) mass is 269 g/mol. The van der Waals surface area contributed by atoms with Crippen LogP contribution < -0.4 is 4.74 Å². The standard InChI is InChI=1S/C12H15NO4S/c1-8-5-6-11(17-9(2)14)10(7-8)12(15)13-18(3,4)16/h5-7H,1-4H3. The Kier molecular flexibility index (Phi) is 4.24. The van der Waals surface area contributed by atoms with Gasteiger partial charge in [0.2, 0.25) is 0 Å². The zero-order valence-corrected chi connectivity index (χ0v) is 11.5. The van der Waals surface area contributed by atoms with E-state index in [1.54, 1.807) is 19.1 Å². The van der Waals surface area contributed by atoms with Crippen molar-refractivity contribution < 1.29 is 18.5 Å². The molecule has 0 aliphatic heterocycles. The van der Waals surface area contributed by atoms with Gasteiger partial charge < -0.3 is 4.74 Å². The number of ether oxygens (including phenoxy) is 1. The van der Waals surface area contributed by atoms with Gasteiger partial charge >= 0.3 is 5.97 Å². The molecule has 0 bridgehead atoms. The largest absolute Gasteiger partial charge is 0.426 e. The molecule has 1 rings (SSSR count). The molecule has 1 aromatic carbocycles. The summed E-state index contributed by atoms with van der Waals surface area (Å²) in [5, 5.41) is 0. The molecule has 0 aliphatic carbocycles. The molecule has 18 heavy (non-hydrogen) atoms. The third kappa shape index (κ3) is 4.29. The molecule has 0 heterocycles. The number of amides is 1. The maximum Gasteiger partial charge on any atom is 0.308 e. The molecule has 98 valence electrons. The number of nitrogens with zero attached hydrogens (tertiary/aromatic N) is 1. The first-order valence-corrected chi connectivity index (χ1v) is 7.53. The molecule has 0 fully saturated rings. The minimum atomic E-state index is -2.54. The summed E-state index contributed by atoms with van der Waals surface area (Å²) in [5.74, 6) is -1.04. The average molecular weight is 269 g/mol. The minimum absolute atomic E-state index is 0.130. The van der Waals surface area contributed by atoms with Crippen molar-refractivity contribution >= 4 is 21.6 Å². The summed E-state index contributed by atoms with van der Waals surface area (Å²) in [6.07, 6.45) is 2.73. The number of hydrogen-bond donors (Lipinski definition) is 0. The van der Waals surface area contributed by atoms with E-state index in [4.69, 9.17) is 4.74 Å². The van der Waals surface area contributed by atoms with Crippen LogP contribution in [0, 0.1) is 6.92 Å². The SMILES string of the molecule is CC(=O)Oc1ccc(C)cc1C(=O)N=S(C)(C)=O. The first-order chi connectivity index (χ1) is 8.19. The lowest BCUT2D eigenvalue weighted by Gasteiger charge is -2.07. The number of rotatable bonds is 2. The second-order valence-electron chi connectivity index (χ2n) is 4.17. The Morgan fingerprint density at radius 2 is 1.89 bits per heavy atom. The lowest BCUT2D eigenvalue weighted by Crippen LogP contribution is -2.08. The molecule has 0 aromatic heterocycles. The average Bonchev–Trinajstić information content (AvgIpc) is 2.17. The van der Waals surface area contributed by atoms with Gasteiger partial charge in [0.05, 0.1) is 5.56 Å². The normalized spacial score (nSPS) is 10.9. The summed E-state index contributed by atoms with van der Waals surface area (Å²) in [6.45, 7) is 3.04. The van der Waals surface area contributed by atoms with Crippen molar-refractivity contribution in [2.24, 2.45) is 4.36 Å². The zero-order valence-electron chi connectivity index (χ0n) is 10.7. The van der Waals surface area contributed by atoms with E-state index >= 15 is 0 Å². The van der Waals surface area contributed by atoms with Crippen LogP contribution in [0.15, 0.2) is 22.6 Å². The van der Waals surface area contributed by atoms with Gasteiger partial charge in [-0.25, -0.2) is 4.21 Å². The van der Waals surface area contributed by atoms with Gasteiger partial charge in [0.25, 0.3) is 5.91 Å². The molecule has 6 heteroatoms. The highest BCUT2D eigenvalue weighted by molar-refractivity contribution is 7.92. The van der Waals surface area contributed by atoms with Gasteiger partial charge in [0.1, 0.15) is 5.75 Å². The molecular formula is C12H15NO4S. The van der Waals surface area contributed by atoms with Crippen molar-refractivity contribution in [3.8, 4) is 5.75 Å². The second kappa shape index (κ2) is 5.30. The van der Waals surface area contributed by atoms with Crippen LogP contribution in [-0.2, 0) is 14.5 Å². The highest BCUT2D eigenvalue weighted by atomic mass is 32.2. The van der Waals surface area contributed by atoms with E-state index in [0.717, 1.165) is 5.56 Å². The lowest BCUT2D eigenvalue weighted by atomic mass is 10.1. The number of hydrogen-bond acceptors (Lipinski definition) is 4. The Morgan fingerprint density at radius 3 is 2.39 bits per heavy atom. The third-order valence-electron chi connectivity index (χ3n) is 1.92. The van der Waals surface area contributed by atoms with Crippen LogP contribution in [0.2, 0.25) is 0 Å². The van der Waals surface area contributed by atoms with Crippen molar-refractivity contribution in [1.29, 1.82) is 0 Å². The van der Waals surface area contributed by atoms with Gasteiger partial charge in [-0.05, 0) is 19.1 Å². The van der Waals surface area contributed by atoms with Gasteiger partial charge in [0, 0.05) is 29.2 Å². The first kappa shape index (κ1) is 14.4. The van der Waals surface area contributed by atoms with E-state index in [0.29, 0.717) is 0 Å². The van der Waals surface area contributed by atoms with Crippen LogP contribution in [-0.4, -0.2) is 28.6 Å². The predicted molar refractivity (Wildman–Crippen MR) is 69.2 cm³/mol. The lowest BCUT2D eigenvalue weighted by molar-refractivity contribution is -0.131. The highest BCUT2D eigenvalue weighted by Crippen LogP contribution is 2.21. The van der Waals surface area contributed by atoms with Gasteiger partial charge in [0.15, 0.2) is 0 Å². The maximum absolute atomic E-state index is 11.9. The Balaban J connectivity index is 3.30. The van der Waals surface area contributed by atoms with Crippen LogP contribution in [0.3, 0.4) is 0 Å². The highest BCUT2D eigenvalue weighted by Gasteiger charge is 2.14. The molecular weight excluding hydrogens is 254 g/mol. The fourth-order valence-corrected chi connectivity index (χ4v) is 1.80.